The molecule has 12 heteroatoms. The van der Waals surface area contributed by atoms with Crippen LogP contribution < -0.4 is 0 Å². The minimum Gasteiger partial charge on any atom is -0.481 e. The minimum absolute atomic E-state index is 0.0376. The maximum Gasteiger partial charge on any atom is 0.307 e. The summed E-state index contributed by atoms with van der Waals surface area (Å²) in [5.74, 6) is 2.42. The number of nitrogens with zero attached hydrogens (tertiary/aromatic N) is 6. The number of aromatic nitrogens is 6. The first kappa shape index (κ1) is 42.7. The molecule has 4 heterocycles. The molecule has 2 fully saturated rings. The van der Waals surface area contributed by atoms with E-state index in [1.54, 1.807) is 12.4 Å². The van der Waals surface area contributed by atoms with Crippen LogP contribution in [-0.4, -0.2) is 52.9 Å². The Bertz CT molecular complexity index is 1710. The summed E-state index contributed by atoms with van der Waals surface area (Å²) in [7, 11) is 0. The predicted molar refractivity (Wildman–Crippen MR) is 212 cm³/mol. The van der Waals surface area contributed by atoms with E-state index in [0.717, 1.165) is 48.9 Å². The second-order valence-corrected chi connectivity index (χ2v) is 16.7. The van der Waals surface area contributed by atoms with E-state index in [0.29, 0.717) is 36.3 Å². The fourth-order valence-electron chi connectivity index (χ4n) is 8.02. The number of hydrogen-bond acceptors (Lipinski definition) is 11. The lowest BCUT2D eigenvalue weighted by Gasteiger charge is -2.23. The summed E-state index contributed by atoms with van der Waals surface area (Å²) in [5.41, 5.74) is 1.26. The van der Waals surface area contributed by atoms with Gasteiger partial charge in [-0.1, -0.05) is 112 Å². The molecule has 2 saturated carbocycles. The number of carboxylic acids is 1. The molecule has 2 aliphatic carbocycles. The van der Waals surface area contributed by atoms with Gasteiger partial charge in [-0.2, -0.15) is 9.97 Å². The third-order valence-electron chi connectivity index (χ3n) is 10.8. The summed E-state index contributed by atoms with van der Waals surface area (Å²) in [6.07, 6.45) is 24.3. The van der Waals surface area contributed by atoms with Gasteiger partial charge in [-0.3, -0.25) is 19.6 Å². The van der Waals surface area contributed by atoms with Crippen molar-refractivity contribution in [2.24, 2.45) is 11.8 Å². The van der Waals surface area contributed by atoms with E-state index in [9.17, 15) is 14.7 Å². The average Bonchev–Trinajstić information content (AvgIpc) is 3.85. The van der Waals surface area contributed by atoms with Crippen molar-refractivity contribution in [1.29, 1.82) is 0 Å². The van der Waals surface area contributed by atoms with Crippen molar-refractivity contribution in [2.45, 2.75) is 167 Å². The monoisotopic (exact) mass is 770 g/mol. The lowest BCUT2D eigenvalue weighted by Crippen LogP contribution is -2.25. The molecule has 2 atom stereocenters. The molecule has 56 heavy (non-hydrogen) atoms. The third-order valence-corrected chi connectivity index (χ3v) is 10.8. The molecule has 0 aromatic carbocycles. The fourth-order valence-corrected chi connectivity index (χ4v) is 8.02. The zero-order valence-electron chi connectivity index (χ0n) is 33.7. The van der Waals surface area contributed by atoms with Crippen LogP contribution in [0, 0.1) is 11.8 Å². The number of aliphatic carboxylic acids is 1. The van der Waals surface area contributed by atoms with Crippen LogP contribution in [-0.2, 0) is 27.2 Å². The summed E-state index contributed by atoms with van der Waals surface area (Å²) in [4.78, 5) is 41.4. The first-order valence-electron chi connectivity index (χ1n) is 21.0. The molecule has 0 radical (unpaired) electrons. The minimum atomic E-state index is -0.822. The number of hydrogen-bond donors (Lipinski definition) is 1. The molecule has 0 saturated heterocycles. The van der Waals surface area contributed by atoms with E-state index in [2.05, 4.69) is 30.2 Å². The Morgan fingerprint density at radius 1 is 0.714 bits per heavy atom. The molecule has 0 unspecified atom stereocenters. The Hall–Kier alpha value is -4.48. The first-order valence-corrected chi connectivity index (χ1v) is 21.0. The maximum absolute atomic E-state index is 12.5. The van der Waals surface area contributed by atoms with Gasteiger partial charge in [0.15, 0.2) is 11.6 Å². The lowest BCUT2D eigenvalue weighted by atomic mass is 9.84. The summed E-state index contributed by atoms with van der Waals surface area (Å²) >= 11 is 0. The molecule has 0 amide bonds. The number of pyridine rings is 2. The Balaban J connectivity index is 0.000000216. The van der Waals surface area contributed by atoms with Crippen LogP contribution in [0.25, 0.3) is 0 Å². The Morgan fingerprint density at radius 2 is 1.18 bits per heavy atom. The van der Waals surface area contributed by atoms with E-state index in [1.165, 1.54) is 77.0 Å². The molecule has 0 aliphatic heterocycles. The summed E-state index contributed by atoms with van der Waals surface area (Å²) in [5, 5.41) is 17.4. The van der Waals surface area contributed by atoms with Gasteiger partial charge in [0.25, 0.3) is 0 Å². The molecular weight excluding hydrogens is 709 g/mol. The molecule has 0 bridgehead atoms. The van der Waals surface area contributed by atoms with E-state index in [1.807, 2.05) is 57.2 Å². The number of ether oxygens (including phenoxy) is 1. The SMILES string of the molecule is CC(C)(C)OC(=O)C[C@@H](CCCC1CCCCC1)c1nc(Cc2ccccn2)no1.O=C(O)C[C@@H](CCCC1CCCCC1)c1nc(Cc2ccccn2)no1. The smallest absolute Gasteiger partial charge is 0.307 e. The topological polar surface area (TPSA) is 167 Å². The van der Waals surface area contributed by atoms with Crippen molar-refractivity contribution < 1.29 is 28.5 Å². The number of rotatable bonds is 18. The predicted octanol–water partition coefficient (Wildman–Crippen LogP) is 9.99. The summed E-state index contributed by atoms with van der Waals surface area (Å²) in [6, 6.07) is 11.5. The van der Waals surface area contributed by atoms with Crippen LogP contribution in [0.2, 0.25) is 0 Å². The van der Waals surface area contributed by atoms with Crippen LogP contribution in [0.3, 0.4) is 0 Å². The number of esters is 1. The molecular formula is C44H62N6O6. The molecule has 1 N–H and O–H groups in total. The third kappa shape index (κ3) is 15.6. The number of carbonyl (C=O) groups excluding carboxylic acids is 1. The van der Waals surface area contributed by atoms with Crippen molar-refractivity contribution in [3.8, 4) is 0 Å². The van der Waals surface area contributed by atoms with Crippen molar-refractivity contribution >= 4 is 11.9 Å². The van der Waals surface area contributed by atoms with Gasteiger partial charge in [-0.25, -0.2) is 0 Å². The van der Waals surface area contributed by atoms with E-state index < -0.39 is 11.6 Å². The quantitative estimate of drug-likeness (QED) is 0.0953. The van der Waals surface area contributed by atoms with Crippen LogP contribution >= 0.6 is 0 Å². The van der Waals surface area contributed by atoms with Gasteiger partial charge >= 0.3 is 11.9 Å². The van der Waals surface area contributed by atoms with E-state index in [-0.39, 0.29) is 30.6 Å². The summed E-state index contributed by atoms with van der Waals surface area (Å²) in [6.45, 7) is 5.67. The largest absolute Gasteiger partial charge is 0.481 e. The Kier molecular flexibility index (Phi) is 17.0. The maximum atomic E-state index is 12.5. The van der Waals surface area contributed by atoms with Crippen LogP contribution in [0.1, 0.15) is 183 Å². The molecule has 304 valence electrons. The van der Waals surface area contributed by atoms with E-state index in [4.69, 9.17) is 13.8 Å². The van der Waals surface area contributed by atoms with Gasteiger partial charge in [0, 0.05) is 35.6 Å². The molecule has 12 nitrogen and oxygen atoms in total. The number of carbonyl (C=O) groups is 2. The molecule has 4 aromatic heterocycles. The highest BCUT2D eigenvalue weighted by Crippen LogP contribution is 2.33. The molecule has 4 aromatic rings. The second-order valence-electron chi connectivity index (χ2n) is 16.7. The van der Waals surface area contributed by atoms with Crippen LogP contribution in [0.15, 0.2) is 57.8 Å². The van der Waals surface area contributed by atoms with Gasteiger partial charge in [0.2, 0.25) is 11.8 Å². The van der Waals surface area contributed by atoms with Crippen LogP contribution in [0.5, 0.6) is 0 Å². The highest BCUT2D eigenvalue weighted by Gasteiger charge is 2.27. The first-order chi connectivity index (χ1) is 27.1. The van der Waals surface area contributed by atoms with Gasteiger partial charge in [0.1, 0.15) is 5.60 Å². The zero-order valence-corrected chi connectivity index (χ0v) is 33.7. The fraction of sp³-hybridized carbons (Fsp3) is 0.636. The highest BCUT2D eigenvalue weighted by molar-refractivity contribution is 5.70. The normalized spacial score (nSPS) is 16.4. The van der Waals surface area contributed by atoms with Crippen molar-refractivity contribution in [3.63, 3.8) is 0 Å². The van der Waals surface area contributed by atoms with Crippen molar-refractivity contribution in [3.05, 3.63) is 83.6 Å². The van der Waals surface area contributed by atoms with E-state index >= 15 is 0 Å². The van der Waals surface area contributed by atoms with Crippen molar-refractivity contribution in [1.82, 2.24) is 30.2 Å². The molecule has 6 rings (SSSR count). The van der Waals surface area contributed by atoms with Crippen LogP contribution in [0.4, 0.5) is 0 Å². The Labute approximate surface area is 332 Å². The standard InChI is InChI=1S/C24H35N3O3.C20H27N3O3/c1-24(2,3)29-22(28)16-19(13-9-12-18-10-5-4-6-11-18)23-26-21(27-30-23)17-20-14-7-8-15-25-20;24-19(25)13-16(10-6-9-15-7-2-1-3-8-15)20-22-18(23-26-20)14-17-11-4-5-12-21-17/h7-8,14-15,18-19H,4-6,9-13,16-17H2,1-3H3;4-5,11-12,15-16H,1-3,6-10,13-14H2,(H,24,25)/t19-;16-/m11/s1. The van der Waals surface area contributed by atoms with Gasteiger partial charge in [-0.15, -0.1) is 0 Å². The zero-order chi connectivity index (χ0) is 39.6. The van der Waals surface area contributed by atoms with Gasteiger partial charge < -0.3 is 18.9 Å². The molecule has 0 spiro atoms. The summed E-state index contributed by atoms with van der Waals surface area (Å²) < 4.78 is 16.5. The van der Waals surface area contributed by atoms with Gasteiger partial charge in [0.05, 0.1) is 25.7 Å². The Morgan fingerprint density at radius 3 is 1.59 bits per heavy atom. The second kappa shape index (κ2) is 22.3. The highest BCUT2D eigenvalue weighted by atomic mass is 16.6. The van der Waals surface area contributed by atoms with Crippen molar-refractivity contribution in [2.75, 3.05) is 0 Å². The lowest BCUT2D eigenvalue weighted by molar-refractivity contribution is -0.155. The number of carboxylic acid groups (broad SMARTS) is 1. The van der Waals surface area contributed by atoms with Gasteiger partial charge in [-0.05, 0) is 69.7 Å². The average molecular weight is 771 g/mol. The molecule has 2 aliphatic rings.